The molecule has 1 aliphatic heterocycles. The van der Waals surface area contributed by atoms with Crippen molar-refractivity contribution in [2.45, 2.75) is 12.7 Å². The summed E-state index contributed by atoms with van der Waals surface area (Å²) in [5, 5.41) is 26.1. The second-order valence-electron chi connectivity index (χ2n) is 5.77. The summed E-state index contributed by atoms with van der Waals surface area (Å²) in [6.45, 7) is 0.506. The molecule has 0 saturated heterocycles. The Morgan fingerprint density at radius 2 is 2.04 bits per heavy atom. The number of aromatic nitrogens is 1. The van der Waals surface area contributed by atoms with Crippen LogP contribution < -0.4 is 10.2 Å². The molecule has 0 spiro atoms. The fourth-order valence-corrected chi connectivity index (χ4v) is 3.72. The summed E-state index contributed by atoms with van der Waals surface area (Å²) in [6.07, 6.45) is -0.433. The van der Waals surface area contributed by atoms with Gasteiger partial charge in [0.25, 0.3) is 5.69 Å². The first-order chi connectivity index (χ1) is 12.7. The van der Waals surface area contributed by atoms with Crippen LogP contribution in [0, 0.1) is 21.4 Å². The minimum Gasteiger partial charge on any atom is -0.352 e. The van der Waals surface area contributed by atoms with Crippen LogP contribution in [0.3, 0.4) is 0 Å². The molecule has 3 aromatic rings. The molecule has 1 atom stereocenters. The minimum absolute atomic E-state index is 0.0575. The van der Waals surface area contributed by atoms with Gasteiger partial charge in [-0.1, -0.05) is 12.1 Å². The van der Waals surface area contributed by atoms with Crippen molar-refractivity contribution in [3.05, 3.63) is 69.7 Å². The van der Waals surface area contributed by atoms with Crippen LogP contribution in [0.25, 0.3) is 10.6 Å². The first-order valence-corrected chi connectivity index (χ1v) is 8.75. The molecule has 1 aliphatic rings. The first-order valence-electron chi connectivity index (χ1n) is 7.87. The van der Waals surface area contributed by atoms with Gasteiger partial charge >= 0.3 is 0 Å². The van der Waals surface area contributed by atoms with Crippen LogP contribution in [0.2, 0.25) is 0 Å². The zero-order valence-electron chi connectivity index (χ0n) is 13.5. The van der Waals surface area contributed by atoms with E-state index < -0.39 is 11.1 Å². The molecule has 7 nitrogen and oxygen atoms in total. The van der Waals surface area contributed by atoms with Gasteiger partial charge in [0.05, 0.1) is 28.5 Å². The molecule has 1 unspecified atom stereocenters. The van der Waals surface area contributed by atoms with Crippen LogP contribution in [0.15, 0.2) is 53.9 Å². The molecule has 0 aliphatic carbocycles. The number of para-hydroxylation sites is 2. The third-order valence-electron chi connectivity index (χ3n) is 4.15. The third kappa shape index (κ3) is 2.85. The van der Waals surface area contributed by atoms with Gasteiger partial charge in [-0.15, -0.1) is 11.3 Å². The standard InChI is InChI=1S/C18H13N5O2S/c19-9-17-21-15-3-1-2-4-16(15)22(17)10-13-11-26-18(20-13)12-5-7-14(8-6-12)23(24)25/h1-8,11,17,21H,10H2. The Bertz CT molecular complexity index is 1010. The van der Waals surface area contributed by atoms with E-state index in [9.17, 15) is 15.4 Å². The van der Waals surface area contributed by atoms with Gasteiger partial charge in [0, 0.05) is 23.1 Å². The van der Waals surface area contributed by atoms with Crippen molar-refractivity contribution in [3.8, 4) is 16.6 Å². The van der Waals surface area contributed by atoms with E-state index in [1.54, 1.807) is 12.1 Å². The maximum atomic E-state index is 10.8. The number of rotatable bonds is 4. The minimum atomic E-state index is -0.433. The highest BCUT2D eigenvalue weighted by molar-refractivity contribution is 7.13. The van der Waals surface area contributed by atoms with Gasteiger partial charge in [0.1, 0.15) is 11.1 Å². The number of benzene rings is 2. The summed E-state index contributed by atoms with van der Waals surface area (Å²) < 4.78 is 0. The van der Waals surface area contributed by atoms with Gasteiger partial charge < -0.3 is 10.2 Å². The fourth-order valence-electron chi connectivity index (χ4n) is 2.90. The van der Waals surface area contributed by atoms with Gasteiger partial charge in [0.15, 0.2) is 6.17 Å². The molecule has 1 N–H and O–H groups in total. The van der Waals surface area contributed by atoms with Crippen LogP contribution in [0.5, 0.6) is 0 Å². The number of anilines is 2. The molecule has 1 aromatic heterocycles. The lowest BCUT2D eigenvalue weighted by molar-refractivity contribution is -0.384. The first kappa shape index (κ1) is 16.1. The maximum Gasteiger partial charge on any atom is 0.269 e. The molecule has 8 heteroatoms. The predicted molar refractivity (Wildman–Crippen MR) is 99.9 cm³/mol. The molecule has 128 valence electrons. The van der Waals surface area contributed by atoms with E-state index in [0.29, 0.717) is 6.54 Å². The molecule has 0 radical (unpaired) electrons. The number of non-ortho nitro benzene ring substituents is 1. The van der Waals surface area contributed by atoms with Crippen LogP contribution in [-0.2, 0) is 6.54 Å². The summed E-state index contributed by atoms with van der Waals surface area (Å²) in [5.74, 6) is 0. The Kier molecular flexibility index (Phi) is 3.99. The monoisotopic (exact) mass is 363 g/mol. The molecule has 4 rings (SSSR count). The second kappa shape index (κ2) is 6.46. The normalized spacial score (nSPS) is 15.2. The van der Waals surface area contributed by atoms with Crippen molar-refractivity contribution < 1.29 is 4.92 Å². The summed E-state index contributed by atoms with van der Waals surface area (Å²) >= 11 is 1.48. The number of fused-ring (bicyclic) bond motifs is 1. The molecule has 26 heavy (non-hydrogen) atoms. The molecular weight excluding hydrogens is 350 g/mol. The Morgan fingerprint density at radius 1 is 1.27 bits per heavy atom. The largest absolute Gasteiger partial charge is 0.352 e. The van der Waals surface area contributed by atoms with E-state index in [1.807, 2.05) is 34.5 Å². The van der Waals surface area contributed by atoms with Crippen LogP contribution in [-0.4, -0.2) is 16.1 Å². The number of hydrogen-bond donors (Lipinski definition) is 1. The van der Waals surface area contributed by atoms with E-state index in [0.717, 1.165) is 27.6 Å². The maximum absolute atomic E-state index is 10.8. The molecule has 0 bridgehead atoms. The highest BCUT2D eigenvalue weighted by Crippen LogP contribution is 2.35. The molecule has 2 aromatic carbocycles. The van der Waals surface area contributed by atoms with Crippen molar-refractivity contribution in [2.75, 3.05) is 10.2 Å². The van der Waals surface area contributed by atoms with Crippen molar-refractivity contribution in [1.82, 2.24) is 4.98 Å². The van der Waals surface area contributed by atoms with E-state index in [4.69, 9.17) is 0 Å². The zero-order chi connectivity index (χ0) is 18.1. The number of nitro groups is 1. The number of nitrogens with one attached hydrogen (secondary N) is 1. The quantitative estimate of drug-likeness (QED) is 0.556. The molecule has 0 amide bonds. The number of nitrogens with zero attached hydrogens (tertiary/aromatic N) is 4. The number of thiazole rings is 1. The lowest BCUT2D eigenvalue weighted by atomic mass is 10.2. The predicted octanol–water partition coefficient (Wildman–Crippen LogP) is 4.00. The van der Waals surface area contributed by atoms with E-state index in [2.05, 4.69) is 16.4 Å². The van der Waals surface area contributed by atoms with E-state index in [-0.39, 0.29) is 5.69 Å². The van der Waals surface area contributed by atoms with Gasteiger partial charge in [-0.2, -0.15) is 5.26 Å². The fraction of sp³-hybridized carbons (Fsp3) is 0.111. The molecule has 2 heterocycles. The summed E-state index contributed by atoms with van der Waals surface area (Å²) in [6, 6.07) is 16.4. The Balaban J connectivity index is 1.57. The van der Waals surface area contributed by atoms with Crippen molar-refractivity contribution in [3.63, 3.8) is 0 Å². The van der Waals surface area contributed by atoms with Crippen LogP contribution >= 0.6 is 11.3 Å². The smallest absolute Gasteiger partial charge is 0.269 e. The van der Waals surface area contributed by atoms with Crippen molar-refractivity contribution >= 4 is 28.4 Å². The average molecular weight is 363 g/mol. The van der Waals surface area contributed by atoms with Crippen molar-refractivity contribution in [2.24, 2.45) is 0 Å². The summed E-state index contributed by atoms with van der Waals surface area (Å²) in [4.78, 5) is 16.9. The highest BCUT2D eigenvalue weighted by Gasteiger charge is 2.28. The molecule has 0 saturated carbocycles. The lowest BCUT2D eigenvalue weighted by Crippen LogP contribution is -2.33. The summed E-state index contributed by atoms with van der Waals surface area (Å²) in [7, 11) is 0. The number of nitro benzene ring substituents is 1. The zero-order valence-corrected chi connectivity index (χ0v) is 14.3. The topological polar surface area (TPSA) is 95.1 Å². The third-order valence-corrected chi connectivity index (χ3v) is 5.09. The molecule has 0 fully saturated rings. The Hall–Kier alpha value is -3.44. The average Bonchev–Trinajstić information content (AvgIpc) is 3.27. The van der Waals surface area contributed by atoms with E-state index >= 15 is 0 Å². The highest BCUT2D eigenvalue weighted by atomic mass is 32.1. The number of nitriles is 1. The van der Waals surface area contributed by atoms with Gasteiger partial charge in [-0.05, 0) is 24.3 Å². The van der Waals surface area contributed by atoms with E-state index in [1.165, 1.54) is 23.5 Å². The molecular formula is C18H13N5O2S. The SMILES string of the molecule is N#CC1Nc2ccccc2N1Cc1csc(-c2ccc([N+](=O)[O-])cc2)n1. The lowest BCUT2D eigenvalue weighted by Gasteiger charge is -2.20. The Morgan fingerprint density at radius 3 is 2.77 bits per heavy atom. The van der Waals surface area contributed by atoms with Crippen molar-refractivity contribution in [1.29, 1.82) is 5.26 Å². The number of hydrogen-bond acceptors (Lipinski definition) is 7. The Labute approximate surface area is 153 Å². The van der Waals surface area contributed by atoms with Crippen LogP contribution in [0.1, 0.15) is 5.69 Å². The van der Waals surface area contributed by atoms with Crippen LogP contribution in [0.4, 0.5) is 17.1 Å². The van der Waals surface area contributed by atoms with Gasteiger partial charge in [0.2, 0.25) is 0 Å². The van der Waals surface area contributed by atoms with Gasteiger partial charge in [-0.25, -0.2) is 4.98 Å². The van der Waals surface area contributed by atoms with Gasteiger partial charge in [-0.3, -0.25) is 10.1 Å². The summed E-state index contributed by atoms with van der Waals surface area (Å²) in [5.41, 5.74) is 3.65. The second-order valence-corrected chi connectivity index (χ2v) is 6.63.